The van der Waals surface area contributed by atoms with E-state index in [1.807, 2.05) is 72.8 Å². The number of benzene rings is 4. The van der Waals surface area contributed by atoms with Gasteiger partial charge in [0.25, 0.3) is 0 Å². The van der Waals surface area contributed by atoms with Crippen LogP contribution >= 0.6 is 0 Å². The van der Waals surface area contributed by atoms with Crippen molar-refractivity contribution in [3.05, 3.63) is 119 Å². The highest BCUT2D eigenvalue weighted by atomic mass is 14.7. The van der Waals surface area contributed by atoms with Gasteiger partial charge in [0.05, 0.1) is 28.2 Å². The van der Waals surface area contributed by atoms with Gasteiger partial charge in [-0.3, -0.25) is 0 Å². The highest BCUT2D eigenvalue weighted by Gasteiger charge is 2.38. The summed E-state index contributed by atoms with van der Waals surface area (Å²) in [7, 11) is 0. The molecule has 0 unspecified atom stereocenters. The van der Waals surface area contributed by atoms with E-state index in [9.17, 15) is 0 Å². The number of rotatable bonds is 4. The van der Waals surface area contributed by atoms with Crippen LogP contribution in [0, 0.1) is 0 Å². The fourth-order valence-electron chi connectivity index (χ4n) is 3.99. The van der Waals surface area contributed by atoms with Crippen LogP contribution in [-0.2, 0) is 5.41 Å². The zero-order chi connectivity index (χ0) is 20.4. The maximum Gasteiger partial charge on any atom is 0.0703 e. The number of nitrogen functional groups attached to an aromatic ring is 4. The highest BCUT2D eigenvalue weighted by molar-refractivity contribution is 5.72. The van der Waals surface area contributed by atoms with Crippen LogP contribution in [0.25, 0.3) is 0 Å². The van der Waals surface area contributed by atoms with Gasteiger partial charge < -0.3 is 22.9 Å². The van der Waals surface area contributed by atoms with Crippen molar-refractivity contribution in [1.29, 1.82) is 0 Å². The van der Waals surface area contributed by atoms with Gasteiger partial charge in [-0.05, 0) is 46.5 Å². The molecule has 4 heteroatoms. The van der Waals surface area contributed by atoms with E-state index in [1.54, 1.807) is 0 Å². The Morgan fingerprint density at radius 3 is 1.10 bits per heavy atom. The minimum Gasteiger partial charge on any atom is -0.397 e. The Morgan fingerprint density at radius 1 is 0.379 bits per heavy atom. The van der Waals surface area contributed by atoms with E-state index in [1.165, 1.54) is 0 Å². The first-order valence-corrected chi connectivity index (χ1v) is 9.45. The number of anilines is 4. The Morgan fingerprint density at radius 2 is 0.759 bits per heavy atom. The van der Waals surface area contributed by atoms with Crippen LogP contribution in [0.2, 0.25) is 0 Å². The van der Waals surface area contributed by atoms with Crippen LogP contribution in [0.1, 0.15) is 22.3 Å². The zero-order valence-electron chi connectivity index (χ0n) is 16.0. The molecule has 0 aliphatic carbocycles. The van der Waals surface area contributed by atoms with Gasteiger partial charge in [-0.25, -0.2) is 0 Å². The maximum atomic E-state index is 6.24. The predicted molar refractivity (Wildman–Crippen MR) is 122 cm³/mol. The van der Waals surface area contributed by atoms with Crippen molar-refractivity contribution in [2.45, 2.75) is 5.41 Å². The third-order valence-corrected chi connectivity index (χ3v) is 5.45. The molecule has 0 heterocycles. The van der Waals surface area contributed by atoms with E-state index in [4.69, 9.17) is 22.9 Å². The van der Waals surface area contributed by atoms with E-state index in [-0.39, 0.29) is 0 Å². The van der Waals surface area contributed by atoms with Crippen LogP contribution in [0.3, 0.4) is 0 Å². The third kappa shape index (κ3) is 3.05. The molecule has 4 rings (SSSR count). The molecular formula is C25H24N4. The van der Waals surface area contributed by atoms with Crippen molar-refractivity contribution in [1.82, 2.24) is 0 Å². The minimum absolute atomic E-state index is 0.544. The average molecular weight is 380 g/mol. The quantitative estimate of drug-likeness (QED) is 0.311. The molecule has 4 nitrogen and oxygen atoms in total. The van der Waals surface area contributed by atoms with Crippen LogP contribution in [0.5, 0.6) is 0 Å². The second kappa shape index (κ2) is 7.24. The van der Waals surface area contributed by atoms with Gasteiger partial charge in [0.2, 0.25) is 0 Å². The van der Waals surface area contributed by atoms with Gasteiger partial charge in [0, 0.05) is 0 Å². The van der Waals surface area contributed by atoms with E-state index in [2.05, 4.69) is 24.3 Å². The van der Waals surface area contributed by atoms with Crippen LogP contribution in [0.4, 0.5) is 22.7 Å². The van der Waals surface area contributed by atoms with Crippen LogP contribution in [-0.4, -0.2) is 0 Å². The summed E-state index contributed by atoms with van der Waals surface area (Å²) < 4.78 is 0. The summed E-state index contributed by atoms with van der Waals surface area (Å²) in [6.45, 7) is 0. The number of hydrogen-bond acceptors (Lipinski definition) is 4. The van der Waals surface area contributed by atoms with Crippen molar-refractivity contribution >= 4 is 22.7 Å². The van der Waals surface area contributed by atoms with Crippen molar-refractivity contribution in [3.8, 4) is 0 Å². The number of nitrogens with two attached hydrogens (primary N) is 4. The lowest BCUT2D eigenvalue weighted by Gasteiger charge is -2.37. The molecule has 0 saturated carbocycles. The lowest BCUT2D eigenvalue weighted by molar-refractivity contribution is 0.746. The van der Waals surface area contributed by atoms with Gasteiger partial charge >= 0.3 is 0 Å². The predicted octanol–water partition coefficient (Wildman–Crippen LogP) is 4.40. The van der Waals surface area contributed by atoms with Gasteiger partial charge in [-0.2, -0.15) is 0 Å². The minimum atomic E-state index is -0.633. The fourth-order valence-corrected chi connectivity index (χ4v) is 3.99. The first kappa shape index (κ1) is 18.4. The Hall–Kier alpha value is -3.92. The summed E-state index contributed by atoms with van der Waals surface area (Å²) in [6.07, 6.45) is 0. The lowest BCUT2D eigenvalue weighted by Crippen LogP contribution is -2.31. The second-order valence-corrected chi connectivity index (χ2v) is 7.17. The molecule has 29 heavy (non-hydrogen) atoms. The van der Waals surface area contributed by atoms with Gasteiger partial charge in [0.15, 0.2) is 0 Å². The van der Waals surface area contributed by atoms with Crippen molar-refractivity contribution in [3.63, 3.8) is 0 Å². The smallest absolute Gasteiger partial charge is 0.0703 e. The van der Waals surface area contributed by atoms with Gasteiger partial charge in [-0.15, -0.1) is 0 Å². The summed E-state index contributed by atoms with van der Waals surface area (Å²) in [5.74, 6) is 0. The molecule has 0 radical (unpaired) electrons. The molecule has 0 bridgehead atoms. The molecule has 0 aliphatic rings. The monoisotopic (exact) mass is 380 g/mol. The zero-order valence-corrected chi connectivity index (χ0v) is 16.0. The summed E-state index contributed by atoms with van der Waals surface area (Å²) in [5, 5.41) is 0. The Balaban J connectivity index is 2.16. The molecule has 4 aromatic carbocycles. The van der Waals surface area contributed by atoms with Crippen molar-refractivity contribution in [2.24, 2.45) is 0 Å². The van der Waals surface area contributed by atoms with Crippen LogP contribution < -0.4 is 22.9 Å². The Bertz CT molecular complexity index is 1050. The molecule has 0 aliphatic heterocycles. The summed E-state index contributed by atoms with van der Waals surface area (Å²) in [4.78, 5) is 0. The fraction of sp³-hybridized carbons (Fsp3) is 0.0400. The first-order chi connectivity index (χ1) is 14.0. The first-order valence-electron chi connectivity index (χ1n) is 9.45. The largest absolute Gasteiger partial charge is 0.397 e. The maximum absolute atomic E-state index is 6.24. The van der Waals surface area contributed by atoms with E-state index < -0.39 is 5.41 Å². The molecular weight excluding hydrogens is 356 g/mol. The van der Waals surface area contributed by atoms with Gasteiger partial charge in [-0.1, -0.05) is 72.8 Å². The van der Waals surface area contributed by atoms with E-state index in [0.29, 0.717) is 22.7 Å². The summed E-state index contributed by atoms with van der Waals surface area (Å²) in [5.41, 5.74) is 30.3. The standard InChI is InChI=1S/C25H24N4/c26-21-13-11-19(15-23(21)28)25(17-7-3-1-4-8-17,18-9-5-2-6-10-18)20-12-14-22(27)24(29)16-20/h1-16H,26-29H2. The van der Waals surface area contributed by atoms with E-state index >= 15 is 0 Å². The average Bonchev–Trinajstić information content (AvgIpc) is 2.75. The Labute approximate surface area is 170 Å². The normalized spacial score (nSPS) is 11.3. The molecule has 0 atom stereocenters. The van der Waals surface area contributed by atoms with Crippen LogP contribution in [0.15, 0.2) is 97.1 Å². The van der Waals surface area contributed by atoms with Crippen molar-refractivity contribution < 1.29 is 0 Å². The molecule has 0 fully saturated rings. The molecule has 8 N–H and O–H groups in total. The Kier molecular flexibility index (Phi) is 4.61. The SMILES string of the molecule is Nc1ccc(C(c2ccccc2)(c2ccccc2)c2ccc(N)c(N)c2)cc1N. The third-order valence-electron chi connectivity index (χ3n) is 5.45. The molecule has 144 valence electrons. The highest BCUT2D eigenvalue weighted by Crippen LogP contribution is 2.46. The molecule has 4 aromatic rings. The van der Waals surface area contributed by atoms with Crippen molar-refractivity contribution in [2.75, 3.05) is 22.9 Å². The lowest BCUT2D eigenvalue weighted by atomic mass is 9.65. The van der Waals surface area contributed by atoms with E-state index in [0.717, 1.165) is 22.3 Å². The second-order valence-electron chi connectivity index (χ2n) is 7.17. The summed E-state index contributed by atoms with van der Waals surface area (Å²) in [6, 6.07) is 32.3. The molecule has 0 saturated heterocycles. The van der Waals surface area contributed by atoms with Gasteiger partial charge in [0.1, 0.15) is 0 Å². The molecule has 0 spiro atoms. The topological polar surface area (TPSA) is 104 Å². The number of hydrogen-bond donors (Lipinski definition) is 4. The summed E-state index contributed by atoms with van der Waals surface area (Å²) >= 11 is 0. The molecule has 0 amide bonds. The molecule has 0 aromatic heterocycles.